The molecule has 13 heavy (non-hydrogen) atoms. The van der Waals surface area contributed by atoms with Crippen LogP contribution in [0.3, 0.4) is 0 Å². The fourth-order valence-electron chi connectivity index (χ4n) is 0.460. The molecule has 0 fully saturated rings. The summed E-state index contributed by atoms with van der Waals surface area (Å²) in [4.78, 5) is 10.6. The zero-order valence-electron chi connectivity index (χ0n) is 7.48. The molecule has 0 N–H and O–H groups in total. The van der Waals surface area contributed by atoms with Crippen molar-refractivity contribution >= 4 is 26.2 Å². The maximum atomic E-state index is 10.6. The fraction of sp³-hybridized carbons (Fsp3) is 0.800. The Kier molecular flexibility index (Phi) is 10.1. The van der Waals surface area contributed by atoms with E-state index >= 15 is 0 Å². The number of carbonyl (C=O) groups is 1. The summed E-state index contributed by atoms with van der Waals surface area (Å²) in [6.07, 6.45) is -0.107. The summed E-state index contributed by atoms with van der Waals surface area (Å²) in [5.74, 6) is -0.504. The van der Waals surface area contributed by atoms with E-state index in [1.807, 2.05) is 0 Å². The summed E-state index contributed by atoms with van der Waals surface area (Å²) in [6, 6.07) is 0. The Bertz CT molecular complexity index is 237. The van der Waals surface area contributed by atoms with Crippen LogP contribution in [0.25, 0.3) is 0 Å². The summed E-state index contributed by atoms with van der Waals surface area (Å²) in [7, 11) is -3.86. The molecule has 1 unspecified atom stereocenters. The molecule has 8 heteroatoms. The molecule has 0 spiro atoms. The fourth-order valence-corrected chi connectivity index (χ4v) is 0.952. The Morgan fingerprint density at radius 1 is 1.62 bits per heavy atom. The Morgan fingerprint density at radius 2 is 2.15 bits per heavy atom. The van der Waals surface area contributed by atoms with Gasteiger partial charge in [0.2, 0.25) is 0 Å². The SMILES string of the molecule is CCOC(=O)CCOS(=O)([O-])=S.[Na+]. The second kappa shape index (κ2) is 8.10. The number of carbonyl (C=O) groups excluding carboxylic acids is 1. The van der Waals surface area contributed by atoms with E-state index in [1.165, 1.54) is 0 Å². The molecule has 0 saturated heterocycles. The normalized spacial score (nSPS) is 14.0. The van der Waals surface area contributed by atoms with E-state index in [4.69, 9.17) is 0 Å². The molecule has 0 aromatic carbocycles. The molecule has 1 atom stereocenters. The summed E-state index contributed by atoms with van der Waals surface area (Å²) in [5.41, 5.74) is 0. The van der Waals surface area contributed by atoms with Crippen LogP contribution >= 0.6 is 0 Å². The van der Waals surface area contributed by atoms with Gasteiger partial charge in [0.05, 0.1) is 28.7 Å². The molecule has 0 aliphatic carbocycles. The van der Waals surface area contributed by atoms with E-state index < -0.39 is 15.0 Å². The summed E-state index contributed by atoms with van der Waals surface area (Å²) < 4.78 is 29.1. The average Bonchev–Trinajstić information content (AvgIpc) is 1.84. The molecule has 72 valence electrons. The molecular weight excluding hydrogens is 227 g/mol. The molecule has 0 aromatic heterocycles. The molecule has 0 aliphatic heterocycles. The van der Waals surface area contributed by atoms with Crippen LogP contribution in [0.2, 0.25) is 0 Å². The van der Waals surface area contributed by atoms with Crippen LogP contribution in [0.15, 0.2) is 0 Å². The van der Waals surface area contributed by atoms with E-state index in [1.54, 1.807) is 6.92 Å². The quantitative estimate of drug-likeness (QED) is 0.369. The Balaban J connectivity index is 0. The van der Waals surface area contributed by atoms with Gasteiger partial charge in [0.1, 0.15) is 0 Å². The van der Waals surface area contributed by atoms with Crippen LogP contribution in [0.5, 0.6) is 0 Å². The first-order valence-corrected chi connectivity index (χ1v) is 5.55. The number of hydrogen-bond acceptors (Lipinski definition) is 6. The van der Waals surface area contributed by atoms with Crippen molar-refractivity contribution in [2.75, 3.05) is 13.2 Å². The third kappa shape index (κ3) is 12.8. The third-order valence-electron chi connectivity index (χ3n) is 0.839. The molecule has 0 radical (unpaired) electrons. The van der Waals surface area contributed by atoms with E-state index in [0.29, 0.717) is 0 Å². The van der Waals surface area contributed by atoms with Crippen LogP contribution in [0.1, 0.15) is 13.3 Å². The topological polar surface area (TPSA) is 75.7 Å². The van der Waals surface area contributed by atoms with Gasteiger partial charge < -0.3 is 9.29 Å². The number of hydrogen-bond donors (Lipinski definition) is 0. The van der Waals surface area contributed by atoms with Crippen LogP contribution in [-0.4, -0.2) is 27.9 Å². The molecule has 5 nitrogen and oxygen atoms in total. The largest absolute Gasteiger partial charge is 1.00 e. The first-order chi connectivity index (χ1) is 5.45. The van der Waals surface area contributed by atoms with E-state index in [9.17, 15) is 13.6 Å². The zero-order chi connectivity index (χ0) is 9.61. The standard InChI is InChI=1S/C5H10O5S2.Na/c1-2-9-5(6)3-4-10-12(7,8)11;/h2-4H2,1H3,(H,7,8,11);/q;+1/p-1. The zero-order valence-corrected chi connectivity index (χ0v) is 11.1. The van der Waals surface area contributed by atoms with Crippen molar-refractivity contribution in [2.45, 2.75) is 13.3 Å². The van der Waals surface area contributed by atoms with Gasteiger partial charge in [-0.1, -0.05) is 0 Å². The predicted molar refractivity (Wildman–Crippen MR) is 43.5 cm³/mol. The van der Waals surface area contributed by atoms with Gasteiger partial charge in [-0.25, -0.2) is 4.21 Å². The van der Waals surface area contributed by atoms with Gasteiger partial charge >= 0.3 is 35.5 Å². The molecule has 0 heterocycles. The van der Waals surface area contributed by atoms with Crippen molar-refractivity contribution in [1.29, 1.82) is 0 Å². The predicted octanol–water partition coefficient (Wildman–Crippen LogP) is -3.25. The van der Waals surface area contributed by atoms with Crippen molar-refractivity contribution in [3.8, 4) is 0 Å². The smallest absolute Gasteiger partial charge is 0.748 e. The van der Waals surface area contributed by atoms with Crippen molar-refractivity contribution in [3.63, 3.8) is 0 Å². The van der Waals surface area contributed by atoms with E-state index in [-0.39, 0.29) is 49.2 Å². The van der Waals surface area contributed by atoms with Crippen LogP contribution in [0.4, 0.5) is 0 Å². The maximum absolute atomic E-state index is 10.6. The minimum absolute atomic E-state index is 0. The van der Waals surface area contributed by atoms with Gasteiger partial charge in [-0.05, 0) is 18.1 Å². The van der Waals surface area contributed by atoms with Crippen molar-refractivity contribution in [1.82, 2.24) is 0 Å². The van der Waals surface area contributed by atoms with E-state index in [2.05, 4.69) is 20.1 Å². The molecule has 0 saturated carbocycles. The second-order valence-electron chi connectivity index (χ2n) is 1.79. The van der Waals surface area contributed by atoms with Gasteiger partial charge in [0.25, 0.3) is 0 Å². The minimum atomic E-state index is -3.86. The second-order valence-corrected chi connectivity index (χ2v) is 4.06. The van der Waals surface area contributed by atoms with Gasteiger partial charge in [-0.15, -0.1) is 0 Å². The van der Waals surface area contributed by atoms with E-state index in [0.717, 1.165) is 0 Å². The molecule has 0 rings (SSSR count). The van der Waals surface area contributed by atoms with Crippen molar-refractivity contribution < 1.29 is 52.0 Å². The Morgan fingerprint density at radius 3 is 2.54 bits per heavy atom. The Labute approximate surface area is 104 Å². The van der Waals surface area contributed by atoms with Gasteiger partial charge in [-0.3, -0.25) is 8.98 Å². The van der Waals surface area contributed by atoms with Gasteiger partial charge in [-0.2, -0.15) is 0 Å². The number of esters is 1. The van der Waals surface area contributed by atoms with Crippen LogP contribution in [-0.2, 0) is 34.0 Å². The minimum Gasteiger partial charge on any atom is -0.748 e. The number of ether oxygens (including phenoxy) is 1. The summed E-state index contributed by atoms with van der Waals surface area (Å²) in [5, 5.41) is 0. The van der Waals surface area contributed by atoms with Crippen LogP contribution < -0.4 is 29.6 Å². The van der Waals surface area contributed by atoms with Crippen molar-refractivity contribution in [2.24, 2.45) is 0 Å². The van der Waals surface area contributed by atoms with Crippen molar-refractivity contribution in [3.05, 3.63) is 0 Å². The van der Waals surface area contributed by atoms with Gasteiger partial charge in [0, 0.05) is 0 Å². The van der Waals surface area contributed by atoms with Gasteiger partial charge in [0.15, 0.2) is 0 Å². The molecule has 0 aromatic rings. The summed E-state index contributed by atoms with van der Waals surface area (Å²) in [6.45, 7) is 1.66. The molecule has 0 aliphatic rings. The first kappa shape index (κ1) is 16.2. The monoisotopic (exact) mass is 236 g/mol. The van der Waals surface area contributed by atoms with Crippen LogP contribution in [0, 0.1) is 0 Å². The summed E-state index contributed by atoms with van der Waals surface area (Å²) >= 11 is 3.90. The average molecular weight is 236 g/mol. The first-order valence-electron chi connectivity index (χ1n) is 3.21. The molecular formula is C5H9NaO5S2. The Hall–Kier alpha value is 0.760. The molecule has 0 amide bonds. The maximum Gasteiger partial charge on any atom is 1.00 e. The molecule has 0 bridgehead atoms. The number of rotatable bonds is 5. The third-order valence-corrected chi connectivity index (χ3v) is 1.58.